The summed E-state index contributed by atoms with van der Waals surface area (Å²) in [6, 6.07) is 17.9. The molecule has 0 saturated heterocycles. The lowest BCUT2D eigenvalue weighted by Gasteiger charge is -2.28. The average molecular weight is 261 g/mol. The van der Waals surface area contributed by atoms with Crippen molar-refractivity contribution in [2.75, 3.05) is 13.6 Å². The molecule has 2 aliphatic carbocycles. The minimum absolute atomic E-state index is 0.106. The lowest BCUT2D eigenvalue weighted by molar-refractivity contribution is 0.655. The smallest absolute Gasteiger partial charge is 0.0397 e. The molecule has 4 rings (SSSR count). The summed E-state index contributed by atoms with van der Waals surface area (Å²) in [7, 11) is 2.00. The molecule has 0 aliphatic heterocycles. The number of hydrogen-bond acceptors (Lipinski definition) is 1. The predicted octanol–water partition coefficient (Wildman–Crippen LogP) is 3.60. The molecule has 1 N–H and O–H groups in total. The van der Waals surface area contributed by atoms with Gasteiger partial charge in [0.05, 0.1) is 0 Å². The van der Waals surface area contributed by atoms with Crippen LogP contribution in [-0.2, 0) is 5.41 Å². The van der Waals surface area contributed by atoms with Crippen molar-refractivity contribution in [2.45, 2.75) is 17.8 Å². The van der Waals surface area contributed by atoms with E-state index in [1.807, 2.05) is 7.05 Å². The van der Waals surface area contributed by atoms with Gasteiger partial charge in [0.2, 0.25) is 0 Å². The zero-order valence-electron chi connectivity index (χ0n) is 11.8. The van der Waals surface area contributed by atoms with E-state index in [0.29, 0.717) is 5.92 Å². The van der Waals surface area contributed by atoms with Crippen LogP contribution in [0.1, 0.15) is 34.6 Å². The monoisotopic (exact) mass is 261 g/mol. The van der Waals surface area contributed by atoms with Crippen LogP contribution in [0.25, 0.3) is 0 Å². The Bertz CT molecular complexity index is 636. The molecule has 0 atom stereocenters. The molecular weight excluding hydrogens is 242 g/mol. The van der Waals surface area contributed by atoms with Crippen molar-refractivity contribution in [1.29, 1.82) is 0 Å². The zero-order valence-corrected chi connectivity index (χ0v) is 11.8. The van der Waals surface area contributed by atoms with Crippen LogP contribution in [0.2, 0.25) is 0 Å². The Morgan fingerprint density at radius 3 is 2.25 bits per heavy atom. The largest absolute Gasteiger partial charge is 0.316 e. The third-order valence-corrected chi connectivity index (χ3v) is 4.88. The molecule has 0 amide bonds. The first kappa shape index (κ1) is 11.9. The highest BCUT2D eigenvalue weighted by Crippen LogP contribution is 2.60. The quantitative estimate of drug-likeness (QED) is 0.832. The summed E-state index contributed by atoms with van der Waals surface area (Å²) in [5.74, 6) is 0.585. The van der Waals surface area contributed by atoms with Crippen molar-refractivity contribution in [3.63, 3.8) is 0 Å². The molecule has 0 spiro atoms. The lowest BCUT2D eigenvalue weighted by Crippen LogP contribution is -2.21. The average Bonchev–Trinajstić information content (AvgIpc) is 3.01. The van der Waals surface area contributed by atoms with Gasteiger partial charge in [-0.2, -0.15) is 0 Å². The molecule has 1 heteroatoms. The van der Waals surface area contributed by atoms with E-state index in [0.717, 1.165) is 6.54 Å². The standard InChI is InChI=1S/C19H19N/c1-20-12-6-11-19-13-16(14-7-2-4-9-17(14)19)15-8-3-5-10-18(15)19/h2-11,16,20H,12-13H2,1H3. The van der Waals surface area contributed by atoms with Gasteiger partial charge in [-0.05, 0) is 35.7 Å². The van der Waals surface area contributed by atoms with Crippen molar-refractivity contribution in [2.24, 2.45) is 0 Å². The van der Waals surface area contributed by atoms with Crippen LogP contribution in [-0.4, -0.2) is 13.6 Å². The third-order valence-electron chi connectivity index (χ3n) is 4.88. The number of likely N-dealkylation sites (N-methyl/N-ethyl adjacent to an activating group) is 1. The molecular formula is C19H19N. The minimum Gasteiger partial charge on any atom is -0.316 e. The first-order valence-electron chi connectivity index (χ1n) is 7.38. The van der Waals surface area contributed by atoms with Crippen molar-refractivity contribution in [3.05, 3.63) is 82.9 Å². The maximum absolute atomic E-state index is 3.21. The van der Waals surface area contributed by atoms with E-state index in [1.54, 1.807) is 0 Å². The van der Waals surface area contributed by atoms with E-state index in [4.69, 9.17) is 0 Å². The fourth-order valence-corrected chi connectivity index (χ4v) is 4.11. The van der Waals surface area contributed by atoms with Crippen molar-refractivity contribution < 1.29 is 0 Å². The van der Waals surface area contributed by atoms with Crippen LogP contribution in [0, 0.1) is 0 Å². The molecule has 100 valence electrons. The molecule has 2 aliphatic rings. The Kier molecular flexibility index (Phi) is 2.58. The second-order valence-corrected chi connectivity index (χ2v) is 5.86. The summed E-state index contributed by atoms with van der Waals surface area (Å²) in [5.41, 5.74) is 6.18. The van der Waals surface area contributed by atoms with E-state index in [9.17, 15) is 0 Å². The second-order valence-electron chi connectivity index (χ2n) is 5.86. The molecule has 0 saturated carbocycles. The highest BCUT2D eigenvalue weighted by Gasteiger charge is 2.50. The van der Waals surface area contributed by atoms with Gasteiger partial charge < -0.3 is 5.32 Å². The molecule has 2 bridgehead atoms. The van der Waals surface area contributed by atoms with Gasteiger partial charge in [0.25, 0.3) is 0 Å². The maximum atomic E-state index is 3.21. The summed E-state index contributed by atoms with van der Waals surface area (Å²) in [5, 5.41) is 3.21. The Labute approximate surface area is 120 Å². The highest BCUT2D eigenvalue weighted by molar-refractivity contribution is 5.65. The van der Waals surface area contributed by atoms with Crippen molar-refractivity contribution in [1.82, 2.24) is 5.32 Å². The van der Waals surface area contributed by atoms with Crippen LogP contribution < -0.4 is 5.32 Å². The lowest BCUT2D eigenvalue weighted by atomic mass is 9.75. The molecule has 20 heavy (non-hydrogen) atoms. The predicted molar refractivity (Wildman–Crippen MR) is 83.2 cm³/mol. The zero-order chi connectivity index (χ0) is 13.6. The number of fused-ring (bicyclic) bond motifs is 8. The van der Waals surface area contributed by atoms with E-state index in [-0.39, 0.29) is 5.41 Å². The molecule has 0 unspecified atom stereocenters. The summed E-state index contributed by atoms with van der Waals surface area (Å²) in [4.78, 5) is 0. The van der Waals surface area contributed by atoms with Gasteiger partial charge in [-0.1, -0.05) is 60.7 Å². The normalized spacial score (nSPS) is 25.9. The highest BCUT2D eigenvalue weighted by atomic mass is 14.8. The van der Waals surface area contributed by atoms with Gasteiger partial charge in [0, 0.05) is 17.9 Å². The molecule has 2 aromatic rings. The van der Waals surface area contributed by atoms with Crippen LogP contribution in [0.15, 0.2) is 60.7 Å². The van der Waals surface area contributed by atoms with E-state index in [2.05, 4.69) is 66.0 Å². The van der Waals surface area contributed by atoms with Gasteiger partial charge in [0.15, 0.2) is 0 Å². The van der Waals surface area contributed by atoms with Crippen molar-refractivity contribution in [3.8, 4) is 0 Å². The molecule has 0 aromatic heterocycles. The second kappa shape index (κ2) is 4.32. The van der Waals surface area contributed by atoms with Gasteiger partial charge >= 0.3 is 0 Å². The van der Waals surface area contributed by atoms with Crippen LogP contribution in [0.5, 0.6) is 0 Å². The number of benzene rings is 2. The molecule has 0 fully saturated rings. The fourth-order valence-electron chi connectivity index (χ4n) is 4.11. The van der Waals surface area contributed by atoms with Gasteiger partial charge in [0.1, 0.15) is 0 Å². The number of nitrogens with one attached hydrogen (secondary N) is 1. The summed E-state index contributed by atoms with van der Waals surface area (Å²) in [6.45, 7) is 0.927. The van der Waals surface area contributed by atoms with Crippen molar-refractivity contribution >= 4 is 0 Å². The van der Waals surface area contributed by atoms with Gasteiger partial charge in [-0.25, -0.2) is 0 Å². The summed E-state index contributed by atoms with van der Waals surface area (Å²) < 4.78 is 0. The maximum Gasteiger partial charge on any atom is 0.0397 e. The molecule has 2 aromatic carbocycles. The number of rotatable bonds is 3. The van der Waals surface area contributed by atoms with Gasteiger partial charge in [-0.3, -0.25) is 0 Å². The van der Waals surface area contributed by atoms with Crippen LogP contribution in [0.3, 0.4) is 0 Å². The SMILES string of the molecule is CNCC=CC12CC(c3ccccc31)c1ccccc12. The van der Waals surface area contributed by atoms with Crippen LogP contribution >= 0.6 is 0 Å². The van der Waals surface area contributed by atoms with E-state index < -0.39 is 0 Å². The molecule has 1 nitrogen and oxygen atoms in total. The Morgan fingerprint density at radius 1 is 1.05 bits per heavy atom. The van der Waals surface area contributed by atoms with E-state index >= 15 is 0 Å². The van der Waals surface area contributed by atoms with E-state index in [1.165, 1.54) is 28.7 Å². The Morgan fingerprint density at radius 2 is 1.65 bits per heavy atom. The topological polar surface area (TPSA) is 12.0 Å². The minimum atomic E-state index is 0.106. The summed E-state index contributed by atoms with van der Waals surface area (Å²) in [6.07, 6.45) is 5.90. The summed E-state index contributed by atoms with van der Waals surface area (Å²) >= 11 is 0. The number of hydrogen-bond donors (Lipinski definition) is 1. The Balaban J connectivity index is 1.93. The van der Waals surface area contributed by atoms with Gasteiger partial charge in [-0.15, -0.1) is 0 Å². The Hall–Kier alpha value is -1.86. The molecule has 0 heterocycles. The molecule has 0 radical (unpaired) electrons. The first-order chi connectivity index (χ1) is 9.87. The fraction of sp³-hybridized carbons (Fsp3) is 0.263. The third kappa shape index (κ3) is 1.41. The van der Waals surface area contributed by atoms with Crippen LogP contribution in [0.4, 0.5) is 0 Å². The first-order valence-corrected chi connectivity index (χ1v) is 7.38. The number of allylic oxidation sites excluding steroid dienone is 1.